The van der Waals surface area contributed by atoms with Crippen LogP contribution in [0.3, 0.4) is 0 Å². The van der Waals surface area contributed by atoms with Gasteiger partial charge in [0.15, 0.2) is 6.10 Å². The van der Waals surface area contributed by atoms with Gasteiger partial charge in [-0.25, -0.2) is 9.18 Å². The highest BCUT2D eigenvalue weighted by Crippen LogP contribution is 2.16. The molecular weight excluding hydrogens is 333 g/mol. The van der Waals surface area contributed by atoms with E-state index in [9.17, 15) is 18.2 Å². The fourth-order valence-electron chi connectivity index (χ4n) is 1.96. The fourth-order valence-corrected chi connectivity index (χ4v) is 2.69. The molecule has 1 N–H and O–H groups in total. The first-order valence-electron chi connectivity index (χ1n) is 7.09. The number of benzene rings is 2. The smallest absolute Gasteiger partial charge is 0.340 e. The molecule has 0 bridgehead atoms. The number of nitrogens with one attached hydrogen (secondary N) is 1. The first-order valence-corrected chi connectivity index (χ1v) is 8.64. The van der Waals surface area contributed by atoms with Crippen LogP contribution in [-0.4, -0.2) is 28.4 Å². The lowest BCUT2D eigenvalue weighted by Crippen LogP contribution is -2.30. The molecular formula is C17H16FNO4S. The zero-order chi connectivity index (χ0) is 17.7. The number of halogens is 1. The maximum Gasteiger partial charge on any atom is 0.340 e. The maximum absolute atomic E-state index is 13.5. The van der Waals surface area contributed by atoms with E-state index >= 15 is 0 Å². The quantitative estimate of drug-likeness (QED) is 0.843. The van der Waals surface area contributed by atoms with E-state index in [0.717, 1.165) is 0 Å². The molecule has 126 valence electrons. The third kappa shape index (κ3) is 4.26. The first kappa shape index (κ1) is 17.8. The molecule has 5 nitrogen and oxygen atoms in total. The third-order valence-electron chi connectivity index (χ3n) is 3.20. The molecule has 1 amide bonds. The number of hydrogen-bond donors (Lipinski definition) is 1. The number of ether oxygens (including phenoxy) is 1. The Morgan fingerprint density at radius 2 is 1.75 bits per heavy atom. The topological polar surface area (TPSA) is 72.5 Å². The van der Waals surface area contributed by atoms with Gasteiger partial charge in [0.05, 0.1) is 26.9 Å². The van der Waals surface area contributed by atoms with Gasteiger partial charge < -0.3 is 10.1 Å². The molecule has 24 heavy (non-hydrogen) atoms. The number of para-hydroxylation sites is 1. The van der Waals surface area contributed by atoms with Gasteiger partial charge in [-0.2, -0.15) is 0 Å². The monoisotopic (exact) mass is 349 g/mol. The molecule has 0 aromatic heterocycles. The Balaban J connectivity index is 2.08. The van der Waals surface area contributed by atoms with Crippen molar-refractivity contribution in [2.45, 2.75) is 17.9 Å². The van der Waals surface area contributed by atoms with Crippen LogP contribution in [0.5, 0.6) is 0 Å². The third-order valence-corrected chi connectivity index (χ3v) is 4.18. The molecule has 2 atom stereocenters. The van der Waals surface area contributed by atoms with Gasteiger partial charge in [0.1, 0.15) is 5.82 Å². The van der Waals surface area contributed by atoms with E-state index in [-0.39, 0.29) is 11.3 Å². The van der Waals surface area contributed by atoms with Crippen LogP contribution in [0, 0.1) is 5.82 Å². The van der Waals surface area contributed by atoms with Gasteiger partial charge in [-0.15, -0.1) is 0 Å². The maximum atomic E-state index is 13.5. The number of carbonyl (C=O) groups excluding carboxylic acids is 2. The summed E-state index contributed by atoms with van der Waals surface area (Å²) in [5.74, 6) is -2.02. The molecule has 2 aromatic rings. The minimum absolute atomic E-state index is 0.000427. The Labute approximate surface area is 141 Å². The predicted octanol–water partition coefficient (Wildman–Crippen LogP) is 2.75. The van der Waals surface area contributed by atoms with E-state index in [1.54, 1.807) is 24.3 Å². The lowest BCUT2D eigenvalue weighted by Gasteiger charge is -2.14. The zero-order valence-corrected chi connectivity index (χ0v) is 13.9. The van der Waals surface area contributed by atoms with Crippen LogP contribution in [0.1, 0.15) is 17.3 Å². The summed E-state index contributed by atoms with van der Waals surface area (Å²) in [6.45, 7) is 1.37. The van der Waals surface area contributed by atoms with E-state index in [1.165, 1.54) is 37.4 Å². The van der Waals surface area contributed by atoms with Gasteiger partial charge in [0, 0.05) is 6.26 Å². The second kappa shape index (κ2) is 7.83. The van der Waals surface area contributed by atoms with Crippen LogP contribution in [0.4, 0.5) is 10.1 Å². The highest BCUT2D eigenvalue weighted by molar-refractivity contribution is 7.84. The average Bonchev–Trinajstić information content (AvgIpc) is 2.56. The summed E-state index contributed by atoms with van der Waals surface area (Å²) >= 11 is 0. The summed E-state index contributed by atoms with van der Waals surface area (Å²) in [5.41, 5.74) is 0.129. The van der Waals surface area contributed by atoms with Crippen LogP contribution < -0.4 is 5.32 Å². The molecule has 0 saturated carbocycles. The van der Waals surface area contributed by atoms with Gasteiger partial charge in [-0.1, -0.05) is 24.3 Å². The number of amides is 1. The van der Waals surface area contributed by atoms with Gasteiger partial charge in [0.25, 0.3) is 5.91 Å². The average molecular weight is 349 g/mol. The molecule has 0 radical (unpaired) electrons. The number of carbonyl (C=O) groups is 2. The molecule has 0 spiro atoms. The zero-order valence-electron chi connectivity index (χ0n) is 13.1. The Morgan fingerprint density at radius 1 is 1.12 bits per heavy atom. The van der Waals surface area contributed by atoms with Crippen LogP contribution >= 0.6 is 0 Å². The van der Waals surface area contributed by atoms with E-state index < -0.39 is 34.6 Å². The molecule has 0 saturated heterocycles. The summed E-state index contributed by atoms with van der Waals surface area (Å²) in [7, 11) is -1.37. The molecule has 0 fully saturated rings. The minimum Gasteiger partial charge on any atom is -0.449 e. The van der Waals surface area contributed by atoms with Crippen molar-refractivity contribution in [3.05, 3.63) is 59.9 Å². The van der Waals surface area contributed by atoms with Crippen LogP contribution in [0.15, 0.2) is 53.4 Å². The Bertz CT molecular complexity index is 794. The van der Waals surface area contributed by atoms with Crippen molar-refractivity contribution < 1.29 is 22.9 Å². The molecule has 0 unspecified atom stereocenters. The van der Waals surface area contributed by atoms with Crippen LogP contribution in [0.2, 0.25) is 0 Å². The number of anilines is 1. The summed E-state index contributed by atoms with van der Waals surface area (Å²) in [4.78, 5) is 24.6. The van der Waals surface area contributed by atoms with E-state index in [4.69, 9.17) is 4.74 Å². The normalized spacial score (nSPS) is 13.0. The van der Waals surface area contributed by atoms with Gasteiger partial charge in [-0.3, -0.25) is 9.00 Å². The Hall–Kier alpha value is -2.54. The Morgan fingerprint density at radius 3 is 2.42 bits per heavy atom. The summed E-state index contributed by atoms with van der Waals surface area (Å²) in [6, 6.07) is 12.0. The summed E-state index contributed by atoms with van der Waals surface area (Å²) in [5, 5.41) is 2.35. The number of rotatable bonds is 5. The predicted molar refractivity (Wildman–Crippen MR) is 88.7 cm³/mol. The van der Waals surface area contributed by atoms with Crippen LogP contribution in [-0.2, 0) is 20.3 Å². The largest absolute Gasteiger partial charge is 0.449 e. The molecule has 0 aliphatic heterocycles. The van der Waals surface area contributed by atoms with Crippen molar-refractivity contribution in [3.8, 4) is 0 Å². The van der Waals surface area contributed by atoms with Gasteiger partial charge in [-0.05, 0) is 31.2 Å². The molecule has 2 aromatic carbocycles. The molecule has 7 heteroatoms. The Kier molecular flexibility index (Phi) is 5.81. The molecule has 2 rings (SSSR count). The van der Waals surface area contributed by atoms with Crippen molar-refractivity contribution in [2.24, 2.45) is 0 Å². The standard InChI is InChI=1S/C17H16FNO4S/c1-11(16(20)19-14-9-5-4-8-13(14)18)23-17(21)12-7-3-6-10-15(12)24(2)22/h3-11H,1-2H3,(H,19,20)/t11-,24-/m0/s1. The summed E-state index contributed by atoms with van der Waals surface area (Å²) < 4.78 is 30.3. The molecule has 0 heterocycles. The second-order valence-electron chi connectivity index (χ2n) is 4.97. The highest BCUT2D eigenvalue weighted by atomic mass is 32.2. The van der Waals surface area contributed by atoms with E-state index in [1.807, 2.05) is 0 Å². The van der Waals surface area contributed by atoms with Crippen molar-refractivity contribution >= 4 is 28.4 Å². The van der Waals surface area contributed by atoms with E-state index in [0.29, 0.717) is 4.90 Å². The van der Waals surface area contributed by atoms with Crippen LogP contribution in [0.25, 0.3) is 0 Å². The number of esters is 1. The second-order valence-corrected chi connectivity index (χ2v) is 6.31. The van der Waals surface area contributed by atoms with Crippen molar-refractivity contribution in [2.75, 3.05) is 11.6 Å². The van der Waals surface area contributed by atoms with Gasteiger partial charge >= 0.3 is 5.97 Å². The number of hydrogen-bond acceptors (Lipinski definition) is 4. The molecule has 0 aliphatic rings. The fraction of sp³-hybridized carbons (Fsp3) is 0.176. The minimum atomic E-state index is -1.37. The lowest BCUT2D eigenvalue weighted by atomic mass is 10.2. The van der Waals surface area contributed by atoms with Crippen molar-refractivity contribution in [1.29, 1.82) is 0 Å². The van der Waals surface area contributed by atoms with Crippen molar-refractivity contribution in [3.63, 3.8) is 0 Å². The first-order chi connectivity index (χ1) is 11.4. The summed E-state index contributed by atoms with van der Waals surface area (Å²) in [6.07, 6.45) is 0.302. The van der Waals surface area contributed by atoms with Crippen molar-refractivity contribution in [1.82, 2.24) is 0 Å². The van der Waals surface area contributed by atoms with E-state index in [2.05, 4.69) is 5.32 Å². The SMILES string of the molecule is C[C@H](OC(=O)c1ccccc1[S@](C)=O)C(=O)Nc1ccccc1F. The highest BCUT2D eigenvalue weighted by Gasteiger charge is 2.22. The van der Waals surface area contributed by atoms with Gasteiger partial charge in [0.2, 0.25) is 0 Å². The molecule has 0 aliphatic carbocycles. The lowest BCUT2D eigenvalue weighted by molar-refractivity contribution is -0.123.